The lowest BCUT2D eigenvalue weighted by Crippen LogP contribution is -2.77. The van der Waals surface area contributed by atoms with Crippen LogP contribution in [0.3, 0.4) is 0 Å². The number of aromatic amines is 1. The summed E-state index contributed by atoms with van der Waals surface area (Å²) in [6, 6.07) is 12.7. The van der Waals surface area contributed by atoms with Gasteiger partial charge in [-0.1, -0.05) is 83.7 Å². The number of piperidine rings is 2. The summed E-state index contributed by atoms with van der Waals surface area (Å²) in [6.07, 6.45) is 9.25. The lowest BCUT2D eigenvalue weighted by molar-refractivity contribution is -0.187. The van der Waals surface area contributed by atoms with Gasteiger partial charge in [0.05, 0.1) is 33.8 Å². The van der Waals surface area contributed by atoms with Crippen molar-refractivity contribution in [3.63, 3.8) is 0 Å². The number of fused-ring (bicyclic) bond motifs is 4. The SMILES string of the molecule is C1CC1.CC.CCC.CCNC(=O)COCC(=O)Cc1cccc2c3c([nH]c12)[C@@H]1Oc2c(O)ccc4c2[C@@]12CCN(C)C(C4)C2(O)C3.CN1CC[C@]23c4c5ccc(O)c4O[C@H]2[C@@H](NC(=O)COCC(N)=O)CC[C@@]3(O)C1C5. The number of carbonyl (C=O) groups is 4. The highest BCUT2D eigenvalue weighted by atomic mass is 16.5. The number of carbonyl (C=O) groups excluding carboxylic acids is 4. The summed E-state index contributed by atoms with van der Waals surface area (Å²) >= 11 is 0. The van der Waals surface area contributed by atoms with E-state index in [0.29, 0.717) is 63.0 Å². The van der Waals surface area contributed by atoms with Crippen molar-refractivity contribution < 1.29 is 58.6 Å². The molecule has 3 aromatic carbocycles. The number of amides is 3. The van der Waals surface area contributed by atoms with Gasteiger partial charge in [0.15, 0.2) is 34.9 Å². The molecule has 13 rings (SSSR count). The number of nitrogens with two attached hydrogens (primary N) is 1. The molecular formula is C59H80N6O12. The molecule has 0 radical (unpaired) electrons. The van der Waals surface area contributed by atoms with Crippen molar-refractivity contribution in [2.24, 2.45) is 5.73 Å². The second kappa shape index (κ2) is 22.2. The number of nitrogens with zero attached hydrogens (tertiary/aromatic N) is 2. The Bertz CT molecular complexity index is 2890. The summed E-state index contributed by atoms with van der Waals surface area (Å²) < 4.78 is 23.3. The van der Waals surface area contributed by atoms with Crippen LogP contribution in [0.1, 0.15) is 131 Å². The van der Waals surface area contributed by atoms with Crippen LogP contribution in [0.5, 0.6) is 23.0 Å². The van der Waals surface area contributed by atoms with E-state index in [0.717, 1.165) is 63.1 Å². The zero-order chi connectivity index (χ0) is 55.2. The molecule has 18 nitrogen and oxygen atoms in total. The number of para-hydroxylation sites is 1. The number of nitrogens with one attached hydrogen (secondary N) is 3. The first-order valence-corrected chi connectivity index (χ1v) is 28.0. The van der Waals surface area contributed by atoms with Gasteiger partial charge in [-0.15, -0.1) is 0 Å². The van der Waals surface area contributed by atoms with Crippen LogP contribution in [-0.2, 0) is 65.2 Å². The molecule has 4 fully saturated rings. The highest BCUT2D eigenvalue weighted by Gasteiger charge is 2.74. The molecule has 2 spiro atoms. The molecule has 5 aliphatic carbocycles. The number of aliphatic hydroxyl groups is 2. The predicted octanol–water partition coefficient (Wildman–Crippen LogP) is 4.83. The normalized spacial score (nSPS) is 29.5. The van der Waals surface area contributed by atoms with Gasteiger partial charge in [-0.3, -0.25) is 19.2 Å². The van der Waals surface area contributed by atoms with E-state index in [-0.39, 0.29) is 80.1 Å². The molecule has 2 saturated carbocycles. The summed E-state index contributed by atoms with van der Waals surface area (Å²) in [5, 5.41) is 52.6. The maximum absolute atomic E-state index is 12.8. The number of phenols is 2. The molecule has 9 atom stereocenters. The van der Waals surface area contributed by atoms with Crippen molar-refractivity contribution in [1.29, 1.82) is 0 Å². The quantitative estimate of drug-likeness (QED) is 0.0946. The smallest absolute Gasteiger partial charge is 0.246 e. The monoisotopic (exact) mass is 1060 g/mol. The molecule has 9 N–H and O–H groups in total. The van der Waals surface area contributed by atoms with Crippen LogP contribution in [0.2, 0.25) is 0 Å². The van der Waals surface area contributed by atoms with Gasteiger partial charge in [0.2, 0.25) is 17.7 Å². The Morgan fingerprint density at radius 3 is 1.97 bits per heavy atom. The zero-order valence-electron chi connectivity index (χ0n) is 45.9. The van der Waals surface area contributed by atoms with Gasteiger partial charge in [-0.2, -0.15) is 0 Å². The van der Waals surface area contributed by atoms with E-state index < -0.39 is 40.1 Å². The van der Waals surface area contributed by atoms with Crippen molar-refractivity contribution in [3.8, 4) is 23.0 Å². The third-order valence-corrected chi connectivity index (χ3v) is 17.4. The fourth-order valence-corrected chi connectivity index (χ4v) is 14.3. The number of aromatic hydroxyl groups is 2. The molecule has 5 heterocycles. The van der Waals surface area contributed by atoms with E-state index in [2.05, 4.69) is 46.3 Å². The largest absolute Gasteiger partial charge is 0.504 e. The van der Waals surface area contributed by atoms with Crippen LogP contribution in [-0.4, -0.2) is 154 Å². The Kier molecular flexibility index (Phi) is 16.1. The van der Waals surface area contributed by atoms with Gasteiger partial charge in [0, 0.05) is 53.5 Å². The number of H-pyrrole nitrogens is 1. The molecule has 77 heavy (non-hydrogen) atoms. The number of primary amides is 1. The highest BCUT2D eigenvalue weighted by molar-refractivity contribution is 5.93. The van der Waals surface area contributed by atoms with E-state index >= 15 is 0 Å². The third kappa shape index (κ3) is 9.33. The molecule has 3 amide bonds. The minimum Gasteiger partial charge on any atom is -0.504 e. The number of Topliss-reactive ketones (excluding diaryl/α,β-unsaturated/α-hetero) is 1. The number of rotatable bonds is 12. The average Bonchev–Trinajstić information content (AvgIpc) is 3.80. The van der Waals surface area contributed by atoms with Crippen LogP contribution in [0.25, 0.3) is 10.9 Å². The van der Waals surface area contributed by atoms with E-state index in [1.54, 1.807) is 12.1 Å². The number of benzene rings is 3. The predicted molar refractivity (Wildman–Crippen MR) is 289 cm³/mol. The zero-order valence-corrected chi connectivity index (χ0v) is 45.9. The van der Waals surface area contributed by atoms with Crippen molar-refractivity contribution in [2.75, 3.05) is 60.2 Å². The van der Waals surface area contributed by atoms with Gasteiger partial charge in [-0.25, -0.2) is 0 Å². The summed E-state index contributed by atoms with van der Waals surface area (Å²) in [4.78, 5) is 55.8. The fraction of sp³-hybridized carbons (Fsp3) is 0.593. The van der Waals surface area contributed by atoms with Gasteiger partial charge < -0.3 is 70.5 Å². The molecule has 2 saturated heterocycles. The number of hydrogen-bond acceptors (Lipinski definition) is 14. The number of likely N-dealkylation sites (tertiary alicyclic amines) is 2. The Balaban J connectivity index is 0.000000169. The van der Waals surface area contributed by atoms with Crippen LogP contribution in [0, 0.1) is 0 Å². The first kappa shape index (κ1) is 56.0. The summed E-state index contributed by atoms with van der Waals surface area (Å²) in [7, 11) is 4.12. The molecule has 4 bridgehead atoms. The Labute approximate surface area is 451 Å². The maximum atomic E-state index is 12.8. The third-order valence-electron chi connectivity index (χ3n) is 17.4. The highest BCUT2D eigenvalue weighted by Crippen LogP contribution is 2.69. The van der Waals surface area contributed by atoms with E-state index in [1.165, 1.54) is 25.7 Å². The topological polar surface area (TPSA) is 258 Å². The fourth-order valence-electron chi connectivity index (χ4n) is 14.3. The first-order chi connectivity index (χ1) is 37.0. The summed E-state index contributed by atoms with van der Waals surface area (Å²) in [5.41, 5.74) is 9.31. The molecule has 3 unspecified atom stereocenters. The molecule has 4 aliphatic heterocycles. The molecule has 1 aromatic heterocycles. The van der Waals surface area contributed by atoms with Gasteiger partial charge in [0.25, 0.3) is 0 Å². The van der Waals surface area contributed by atoms with Crippen molar-refractivity contribution in [3.05, 3.63) is 81.5 Å². The van der Waals surface area contributed by atoms with Gasteiger partial charge in [-0.05, 0) is 107 Å². The van der Waals surface area contributed by atoms with Crippen molar-refractivity contribution in [1.82, 2.24) is 25.4 Å². The number of likely N-dealkylation sites (N-methyl/N-ethyl adjacent to an activating group) is 3. The second-order valence-electron chi connectivity index (χ2n) is 22.3. The lowest BCUT2D eigenvalue weighted by Gasteiger charge is -2.63. The summed E-state index contributed by atoms with van der Waals surface area (Å²) in [5.74, 6) is -0.280. The second-order valence-corrected chi connectivity index (χ2v) is 22.3. The maximum Gasteiger partial charge on any atom is 0.246 e. The number of phenolic OH excluding ortho intramolecular Hbond substituents is 2. The van der Waals surface area contributed by atoms with E-state index in [4.69, 9.17) is 24.7 Å². The van der Waals surface area contributed by atoms with Gasteiger partial charge >= 0.3 is 0 Å². The van der Waals surface area contributed by atoms with Crippen LogP contribution in [0.15, 0.2) is 42.5 Å². The van der Waals surface area contributed by atoms with Crippen LogP contribution < -0.4 is 25.8 Å². The Morgan fingerprint density at radius 2 is 1.35 bits per heavy atom. The summed E-state index contributed by atoms with van der Waals surface area (Å²) in [6.45, 7) is 11.3. The van der Waals surface area contributed by atoms with Crippen LogP contribution in [0.4, 0.5) is 0 Å². The van der Waals surface area contributed by atoms with Crippen LogP contribution >= 0.6 is 0 Å². The van der Waals surface area contributed by atoms with E-state index in [9.17, 15) is 39.6 Å². The standard InChI is InChI=1S/C30H33N3O6.C21H27N3O6.C3H6.C3H8.C2H6/c1-3-31-23(36)15-38-14-18(34)11-17-5-4-6-19-20-13-30(37)22-12-16-7-8-21(35)27-24(16)29(30,9-10-33(22)2)28(39-27)26(20)32-25(17)19;1-24-7-6-20-17-11-2-3-13(25)18(17)30-19(20)12(4-5-21(20,28)14(24)8-11)23-16(27)10-29-9-15(22)26;1-2-3-1;1-3-2;1-2/h4-8,22,28,32,35,37H,3,9-15H2,1-2H3,(H,31,36);2-3,12,14,19,25,28H,4-10H2,1H3,(H2,22,26)(H,23,27);1-3H2;3H2,1-2H3;1-2H3/t22?,28-,29-,30?;12-,14?,19-,20-,21+;;;/m00.../s1. The Hall–Kier alpha value is -5.76. The van der Waals surface area contributed by atoms with E-state index in [1.807, 2.05) is 58.2 Å². The molecule has 9 aliphatic rings. The molecular weight excluding hydrogens is 985 g/mol. The Morgan fingerprint density at radius 1 is 0.766 bits per heavy atom. The molecule has 418 valence electrons. The minimum atomic E-state index is -1.07. The molecule has 18 heteroatoms. The van der Waals surface area contributed by atoms with Crippen molar-refractivity contribution >= 4 is 34.4 Å². The molecule has 4 aromatic rings. The average molecular weight is 1070 g/mol. The number of aromatic nitrogens is 1. The first-order valence-electron chi connectivity index (χ1n) is 28.0. The number of ketones is 1. The lowest BCUT2D eigenvalue weighted by atomic mass is 9.48. The number of hydrogen-bond donors (Lipinski definition) is 8. The van der Waals surface area contributed by atoms with Crippen molar-refractivity contribution in [2.45, 2.75) is 164 Å². The van der Waals surface area contributed by atoms with Gasteiger partial charge in [0.1, 0.15) is 32.5 Å². The minimum absolute atomic E-state index is 0.0455. The number of ether oxygens (including phenoxy) is 4.